The topological polar surface area (TPSA) is 70.5 Å². The highest BCUT2D eigenvalue weighted by Crippen LogP contribution is 2.20. The summed E-state index contributed by atoms with van der Waals surface area (Å²) in [7, 11) is -2.48. The lowest BCUT2D eigenvalue weighted by molar-refractivity contribution is 0.161. The van der Waals surface area contributed by atoms with Crippen LogP contribution in [0.1, 0.15) is 41.0 Å². The van der Waals surface area contributed by atoms with E-state index in [1.807, 2.05) is 20.8 Å². The molecule has 0 bridgehead atoms. The monoisotopic (exact) mass is 248 g/mol. The van der Waals surface area contributed by atoms with E-state index in [0.717, 1.165) is 6.42 Å². The summed E-state index contributed by atoms with van der Waals surface area (Å²) >= 11 is 0. The lowest BCUT2D eigenvalue weighted by atomic mass is 10.1. The van der Waals surface area contributed by atoms with Gasteiger partial charge in [-0.2, -0.15) is 0 Å². The Morgan fingerprint density at radius 2 is 1.44 bits per heavy atom. The van der Waals surface area contributed by atoms with Crippen molar-refractivity contribution >= 4 is 8.56 Å². The van der Waals surface area contributed by atoms with E-state index in [2.05, 4.69) is 13.8 Å². The Balaban J connectivity index is 4.84. The molecule has 0 rings (SSSR count). The molecule has 0 fully saturated rings. The molecule has 0 aromatic carbocycles. The number of rotatable bonds is 8. The zero-order chi connectivity index (χ0) is 12.8. The largest absolute Gasteiger partial charge is 0.393 e. The minimum atomic E-state index is -2.48. The van der Waals surface area contributed by atoms with Crippen molar-refractivity contribution in [1.82, 2.24) is 0 Å². The van der Waals surface area contributed by atoms with Gasteiger partial charge in [-0.15, -0.1) is 0 Å². The predicted molar refractivity (Wildman–Crippen MR) is 70.1 cm³/mol. The maximum Gasteiger partial charge on any atom is 0.372 e. The van der Waals surface area contributed by atoms with Crippen molar-refractivity contribution in [2.45, 2.75) is 52.4 Å². The van der Waals surface area contributed by atoms with Crippen molar-refractivity contribution < 1.29 is 8.85 Å². The van der Waals surface area contributed by atoms with Crippen molar-refractivity contribution in [1.29, 1.82) is 0 Å². The molecule has 0 amide bonds. The first kappa shape index (κ1) is 16.1. The fraction of sp³-hybridized carbons (Fsp3) is 1.00. The van der Waals surface area contributed by atoms with Gasteiger partial charge in [0.1, 0.15) is 0 Å². The molecule has 0 aromatic heterocycles. The minimum absolute atomic E-state index is 0.0626. The van der Waals surface area contributed by atoms with Gasteiger partial charge in [0.25, 0.3) is 0 Å². The third kappa shape index (κ3) is 4.14. The maximum absolute atomic E-state index is 6.26. The number of nitrogens with two attached hydrogens (primary N) is 2. The summed E-state index contributed by atoms with van der Waals surface area (Å²) in [6.07, 6.45) is 0.897. The summed E-state index contributed by atoms with van der Waals surface area (Å²) in [6.45, 7) is 11.4. The average molecular weight is 248 g/mol. The highest BCUT2D eigenvalue weighted by atomic mass is 28.4. The maximum atomic E-state index is 6.26. The van der Waals surface area contributed by atoms with E-state index in [9.17, 15) is 0 Å². The first-order valence-corrected chi connectivity index (χ1v) is 8.16. The molecule has 4 nitrogen and oxygen atoms in total. The second-order valence-corrected chi connectivity index (χ2v) is 8.28. The molecule has 0 saturated heterocycles. The first-order valence-electron chi connectivity index (χ1n) is 6.19. The van der Waals surface area contributed by atoms with Crippen molar-refractivity contribution in [3.8, 4) is 0 Å². The second-order valence-electron chi connectivity index (χ2n) is 4.61. The zero-order valence-electron chi connectivity index (χ0n) is 11.3. The highest BCUT2D eigenvalue weighted by Gasteiger charge is 2.47. The summed E-state index contributed by atoms with van der Waals surface area (Å²) in [6, 6.07) is 0. The third-order valence-electron chi connectivity index (χ3n) is 2.62. The van der Waals surface area contributed by atoms with E-state index < -0.39 is 8.56 Å². The third-order valence-corrected chi connectivity index (χ3v) is 6.64. The lowest BCUT2D eigenvalue weighted by Crippen LogP contribution is -2.67. The van der Waals surface area contributed by atoms with Gasteiger partial charge in [-0.05, 0) is 33.1 Å². The van der Waals surface area contributed by atoms with Gasteiger partial charge in [0.15, 0.2) is 0 Å². The van der Waals surface area contributed by atoms with E-state index in [0.29, 0.717) is 19.1 Å². The molecule has 2 atom stereocenters. The van der Waals surface area contributed by atoms with Crippen molar-refractivity contribution in [2.75, 3.05) is 13.2 Å². The van der Waals surface area contributed by atoms with E-state index >= 15 is 0 Å². The summed E-state index contributed by atoms with van der Waals surface area (Å²) in [5, 5.41) is 0. The molecular formula is C11H28N2O2Si. The average Bonchev–Trinajstić information content (AvgIpc) is 2.15. The Kier molecular flexibility index (Phi) is 7.42. The van der Waals surface area contributed by atoms with Crippen LogP contribution in [0.15, 0.2) is 0 Å². The summed E-state index contributed by atoms with van der Waals surface area (Å²) in [4.78, 5) is 0. The lowest BCUT2D eigenvalue weighted by Gasteiger charge is -2.38. The van der Waals surface area contributed by atoms with Crippen LogP contribution >= 0.6 is 0 Å². The Labute approximate surface area is 101 Å². The Hall–Kier alpha value is 0.0569. The van der Waals surface area contributed by atoms with Gasteiger partial charge in [-0.3, -0.25) is 0 Å². The van der Waals surface area contributed by atoms with Crippen LogP contribution in [0.5, 0.6) is 0 Å². The van der Waals surface area contributed by atoms with Crippen LogP contribution in [0, 0.1) is 5.92 Å². The molecule has 2 unspecified atom stereocenters. The Bertz CT molecular complexity index is 183. The van der Waals surface area contributed by atoms with Crippen LogP contribution in [-0.4, -0.2) is 33.1 Å². The molecule has 0 heterocycles. The summed E-state index contributed by atoms with van der Waals surface area (Å²) < 4.78 is 11.7. The fourth-order valence-electron chi connectivity index (χ4n) is 1.98. The van der Waals surface area contributed by atoms with Crippen molar-refractivity contribution in [2.24, 2.45) is 17.4 Å². The molecule has 0 radical (unpaired) electrons. The molecule has 0 spiro atoms. The zero-order valence-corrected chi connectivity index (χ0v) is 12.3. The van der Waals surface area contributed by atoms with E-state index in [-0.39, 0.29) is 11.3 Å². The second kappa shape index (κ2) is 7.40. The number of hydrogen-bond donors (Lipinski definition) is 2. The van der Waals surface area contributed by atoms with Gasteiger partial charge in [-0.25, -0.2) is 0 Å². The van der Waals surface area contributed by atoms with E-state index in [1.165, 1.54) is 0 Å². The van der Waals surface area contributed by atoms with Crippen molar-refractivity contribution in [3.63, 3.8) is 0 Å². The quantitative estimate of drug-likeness (QED) is 0.635. The standard InChI is InChI=1S/C11H28N2O2Si/c1-6-14-16(10(5)12,15-7-2)11(13)8-9(3)4/h9-11H,6-8,12-13H2,1-5H3. The van der Waals surface area contributed by atoms with Gasteiger partial charge in [0, 0.05) is 24.5 Å². The predicted octanol–water partition coefficient (Wildman–Crippen LogP) is 1.30. The molecule has 0 aliphatic carbocycles. The molecule has 16 heavy (non-hydrogen) atoms. The smallest absolute Gasteiger partial charge is 0.372 e. The van der Waals surface area contributed by atoms with Crippen LogP contribution in [0.4, 0.5) is 0 Å². The van der Waals surface area contributed by atoms with E-state index in [1.54, 1.807) is 0 Å². The molecular weight excluding hydrogens is 220 g/mol. The Morgan fingerprint density at radius 3 is 1.69 bits per heavy atom. The van der Waals surface area contributed by atoms with Gasteiger partial charge < -0.3 is 20.3 Å². The highest BCUT2D eigenvalue weighted by molar-refractivity contribution is 6.70. The normalized spacial score (nSPS) is 16.5. The SMILES string of the molecule is CCO[Si](OCC)(C(C)N)C(N)CC(C)C. The van der Waals surface area contributed by atoms with Gasteiger partial charge in [0.05, 0.1) is 0 Å². The van der Waals surface area contributed by atoms with Crippen LogP contribution < -0.4 is 11.5 Å². The minimum Gasteiger partial charge on any atom is -0.393 e. The van der Waals surface area contributed by atoms with Gasteiger partial charge >= 0.3 is 8.56 Å². The summed E-state index contributed by atoms with van der Waals surface area (Å²) in [5.41, 5.74) is 12.1. The molecule has 0 aromatic rings. The molecule has 98 valence electrons. The number of hydrogen-bond acceptors (Lipinski definition) is 4. The first-order chi connectivity index (χ1) is 7.40. The molecule has 4 N–H and O–H groups in total. The molecule has 5 heteroatoms. The van der Waals surface area contributed by atoms with Gasteiger partial charge in [0.2, 0.25) is 0 Å². The van der Waals surface area contributed by atoms with Crippen LogP contribution in [0.3, 0.4) is 0 Å². The molecule has 0 saturated carbocycles. The van der Waals surface area contributed by atoms with Crippen LogP contribution in [-0.2, 0) is 8.85 Å². The van der Waals surface area contributed by atoms with Crippen molar-refractivity contribution in [3.05, 3.63) is 0 Å². The fourth-order valence-corrected chi connectivity index (χ4v) is 5.39. The summed E-state index contributed by atoms with van der Waals surface area (Å²) in [5.74, 6) is 0.529. The Morgan fingerprint density at radius 1 is 1.00 bits per heavy atom. The van der Waals surface area contributed by atoms with Crippen LogP contribution in [0.25, 0.3) is 0 Å². The van der Waals surface area contributed by atoms with Gasteiger partial charge in [-0.1, -0.05) is 13.8 Å². The molecule has 0 aliphatic rings. The molecule has 0 aliphatic heterocycles. The van der Waals surface area contributed by atoms with Crippen LogP contribution in [0.2, 0.25) is 0 Å². The van der Waals surface area contributed by atoms with E-state index in [4.69, 9.17) is 20.3 Å².